The second-order valence-electron chi connectivity index (χ2n) is 7.86. The highest BCUT2D eigenvalue weighted by molar-refractivity contribution is 5.75. The minimum atomic E-state index is -0.0296. The SMILES string of the molecule is Cc1cnc(C)c(-c2ccc3c(c2)CC(CNC(=O)CCCc2ccccc2)O3)n1. The van der Waals surface area contributed by atoms with E-state index in [0.29, 0.717) is 13.0 Å². The molecule has 0 radical (unpaired) electrons. The van der Waals surface area contributed by atoms with Crippen LogP contribution in [0.15, 0.2) is 54.7 Å². The lowest BCUT2D eigenvalue weighted by atomic mass is 10.0. The molecule has 2 heterocycles. The van der Waals surface area contributed by atoms with Gasteiger partial charge in [0.2, 0.25) is 5.91 Å². The van der Waals surface area contributed by atoms with Gasteiger partial charge in [-0.3, -0.25) is 9.78 Å². The van der Waals surface area contributed by atoms with E-state index in [9.17, 15) is 4.79 Å². The van der Waals surface area contributed by atoms with Crippen molar-refractivity contribution in [2.24, 2.45) is 0 Å². The van der Waals surface area contributed by atoms with E-state index in [4.69, 9.17) is 4.74 Å². The highest BCUT2D eigenvalue weighted by Crippen LogP contribution is 2.33. The average Bonchev–Trinajstić information content (AvgIpc) is 3.17. The largest absolute Gasteiger partial charge is 0.488 e. The molecule has 1 unspecified atom stereocenters. The van der Waals surface area contributed by atoms with E-state index in [1.54, 1.807) is 6.20 Å². The Morgan fingerprint density at radius 2 is 2.00 bits per heavy atom. The first-order chi connectivity index (χ1) is 14.6. The number of nitrogens with zero attached hydrogens (tertiary/aromatic N) is 2. The Hall–Kier alpha value is -3.21. The quantitative estimate of drug-likeness (QED) is 0.644. The maximum absolute atomic E-state index is 12.2. The summed E-state index contributed by atoms with van der Waals surface area (Å²) in [5.74, 6) is 0.970. The molecule has 5 nitrogen and oxygen atoms in total. The molecular formula is C25H27N3O2. The van der Waals surface area contributed by atoms with Gasteiger partial charge in [0, 0.05) is 24.6 Å². The summed E-state index contributed by atoms with van der Waals surface area (Å²) in [4.78, 5) is 21.2. The van der Waals surface area contributed by atoms with Gasteiger partial charge in [-0.25, -0.2) is 4.98 Å². The average molecular weight is 402 g/mol. The highest BCUT2D eigenvalue weighted by atomic mass is 16.5. The van der Waals surface area contributed by atoms with Crippen molar-refractivity contribution < 1.29 is 9.53 Å². The van der Waals surface area contributed by atoms with Gasteiger partial charge in [0.05, 0.1) is 23.6 Å². The van der Waals surface area contributed by atoms with E-state index in [1.807, 2.05) is 44.2 Å². The molecule has 0 fully saturated rings. The van der Waals surface area contributed by atoms with Gasteiger partial charge in [0.1, 0.15) is 11.9 Å². The molecule has 0 saturated heterocycles. The lowest BCUT2D eigenvalue weighted by molar-refractivity contribution is -0.121. The van der Waals surface area contributed by atoms with Crippen molar-refractivity contribution in [3.63, 3.8) is 0 Å². The van der Waals surface area contributed by atoms with Crippen LogP contribution in [-0.4, -0.2) is 28.5 Å². The monoisotopic (exact) mass is 401 g/mol. The molecule has 1 N–H and O–H groups in total. The third kappa shape index (κ3) is 4.85. The summed E-state index contributed by atoms with van der Waals surface area (Å²) in [6.07, 6.45) is 4.84. The maximum Gasteiger partial charge on any atom is 0.220 e. The number of carbonyl (C=O) groups excluding carboxylic acids is 1. The summed E-state index contributed by atoms with van der Waals surface area (Å²) in [5, 5.41) is 3.02. The smallest absolute Gasteiger partial charge is 0.220 e. The van der Waals surface area contributed by atoms with Gasteiger partial charge in [0.25, 0.3) is 0 Å². The highest BCUT2D eigenvalue weighted by Gasteiger charge is 2.24. The van der Waals surface area contributed by atoms with Crippen LogP contribution < -0.4 is 10.1 Å². The zero-order valence-electron chi connectivity index (χ0n) is 17.5. The Labute approximate surface area is 177 Å². The Kier molecular flexibility index (Phi) is 6.07. The first kappa shape index (κ1) is 20.1. The molecular weight excluding hydrogens is 374 g/mol. The molecule has 2 aromatic carbocycles. The molecule has 4 rings (SSSR count). The first-order valence-electron chi connectivity index (χ1n) is 10.5. The van der Waals surface area contributed by atoms with Crippen molar-refractivity contribution in [1.29, 1.82) is 0 Å². The number of hydrogen-bond acceptors (Lipinski definition) is 4. The molecule has 1 aliphatic rings. The summed E-state index contributed by atoms with van der Waals surface area (Å²) < 4.78 is 6.03. The number of amides is 1. The zero-order chi connectivity index (χ0) is 20.9. The van der Waals surface area contributed by atoms with Crippen molar-refractivity contribution in [2.45, 2.75) is 45.6 Å². The van der Waals surface area contributed by atoms with Crippen LogP contribution in [0, 0.1) is 13.8 Å². The minimum Gasteiger partial charge on any atom is -0.488 e. The summed E-state index contributed by atoms with van der Waals surface area (Å²) in [5.41, 5.74) is 6.20. The van der Waals surface area contributed by atoms with Gasteiger partial charge in [-0.15, -0.1) is 0 Å². The van der Waals surface area contributed by atoms with Crippen LogP contribution in [-0.2, 0) is 17.6 Å². The van der Waals surface area contributed by atoms with Gasteiger partial charge in [-0.1, -0.05) is 30.3 Å². The number of nitrogens with one attached hydrogen (secondary N) is 1. The third-order valence-corrected chi connectivity index (χ3v) is 5.39. The Morgan fingerprint density at radius 1 is 1.17 bits per heavy atom. The molecule has 1 atom stereocenters. The van der Waals surface area contributed by atoms with Crippen LogP contribution in [0.5, 0.6) is 5.75 Å². The minimum absolute atomic E-state index is 0.0296. The van der Waals surface area contributed by atoms with Crippen LogP contribution in [0.25, 0.3) is 11.3 Å². The molecule has 1 aliphatic heterocycles. The van der Waals surface area contributed by atoms with Crippen LogP contribution in [0.2, 0.25) is 0 Å². The van der Waals surface area contributed by atoms with Crippen LogP contribution in [0.1, 0.15) is 35.4 Å². The van der Waals surface area contributed by atoms with Crippen molar-refractivity contribution in [1.82, 2.24) is 15.3 Å². The second kappa shape index (κ2) is 9.08. The number of aryl methyl sites for hydroxylation is 3. The number of ether oxygens (including phenoxy) is 1. The number of benzene rings is 2. The van der Waals surface area contributed by atoms with E-state index in [2.05, 4.69) is 33.5 Å². The topological polar surface area (TPSA) is 64.1 Å². The van der Waals surface area contributed by atoms with Gasteiger partial charge >= 0.3 is 0 Å². The fourth-order valence-electron chi connectivity index (χ4n) is 3.81. The van der Waals surface area contributed by atoms with Gasteiger partial charge < -0.3 is 10.1 Å². The van der Waals surface area contributed by atoms with Crippen LogP contribution in [0.4, 0.5) is 0 Å². The lowest BCUT2D eigenvalue weighted by Crippen LogP contribution is -2.34. The van der Waals surface area contributed by atoms with Gasteiger partial charge in [0.15, 0.2) is 0 Å². The molecule has 1 amide bonds. The number of carbonyl (C=O) groups is 1. The predicted octanol–water partition coefficient (Wildman–Crippen LogP) is 4.20. The van der Waals surface area contributed by atoms with E-state index < -0.39 is 0 Å². The molecule has 0 aliphatic carbocycles. The van der Waals surface area contributed by atoms with Crippen LogP contribution >= 0.6 is 0 Å². The van der Waals surface area contributed by atoms with E-state index >= 15 is 0 Å². The van der Waals surface area contributed by atoms with E-state index in [1.165, 1.54) is 5.56 Å². The number of aromatic nitrogens is 2. The fraction of sp³-hybridized carbons (Fsp3) is 0.320. The van der Waals surface area contributed by atoms with Crippen molar-refractivity contribution in [3.8, 4) is 17.0 Å². The predicted molar refractivity (Wildman–Crippen MR) is 117 cm³/mol. The third-order valence-electron chi connectivity index (χ3n) is 5.39. The molecule has 5 heteroatoms. The van der Waals surface area contributed by atoms with Crippen molar-refractivity contribution in [3.05, 3.63) is 77.2 Å². The molecule has 154 valence electrons. The number of fused-ring (bicyclic) bond motifs is 1. The standard InChI is InChI=1S/C25H27N3O2/c1-17-15-26-18(2)25(28-17)20-11-12-23-21(13-20)14-22(30-23)16-27-24(29)10-6-9-19-7-4-3-5-8-19/h3-5,7-8,11-13,15,22H,6,9-10,14,16H2,1-2H3,(H,27,29). The second-order valence-corrected chi connectivity index (χ2v) is 7.86. The summed E-state index contributed by atoms with van der Waals surface area (Å²) in [6, 6.07) is 16.4. The molecule has 0 spiro atoms. The number of rotatable bonds is 7. The van der Waals surface area contributed by atoms with Gasteiger partial charge in [-0.2, -0.15) is 0 Å². The summed E-state index contributed by atoms with van der Waals surface area (Å²) >= 11 is 0. The molecule has 0 bridgehead atoms. The molecule has 3 aromatic rings. The van der Waals surface area contributed by atoms with E-state index in [-0.39, 0.29) is 12.0 Å². The van der Waals surface area contributed by atoms with Crippen molar-refractivity contribution >= 4 is 5.91 Å². The lowest BCUT2D eigenvalue weighted by Gasteiger charge is -2.12. The van der Waals surface area contributed by atoms with Gasteiger partial charge in [-0.05, 0) is 56.0 Å². The fourth-order valence-corrected chi connectivity index (χ4v) is 3.81. The summed E-state index contributed by atoms with van der Waals surface area (Å²) in [7, 11) is 0. The Bertz CT molecular complexity index is 1030. The Balaban J connectivity index is 1.28. The maximum atomic E-state index is 12.2. The normalized spacial score (nSPS) is 14.8. The molecule has 0 saturated carbocycles. The molecule has 1 aromatic heterocycles. The van der Waals surface area contributed by atoms with E-state index in [0.717, 1.165) is 53.2 Å². The van der Waals surface area contributed by atoms with Crippen molar-refractivity contribution in [2.75, 3.05) is 6.54 Å². The Morgan fingerprint density at radius 3 is 2.83 bits per heavy atom. The summed E-state index contributed by atoms with van der Waals surface area (Å²) in [6.45, 7) is 4.45. The molecule has 30 heavy (non-hydrogen) atoms. The van der Waals surface area contributed by atoms with Crippen LogP contribution in [0.3, 0.4) is 0 Å². The first-order valence-corrected chi connectivity index (χ1v) is 10.5. The zero-order valence-corrected chi connectivity index (χ0v) is 17.5. The number of hydrogen-bond donors (Lipinski definition) is 1.